The molecule has 0 N–H and O–H groups in total. The number of ether oxygens (including phenoxy) is 2. The number of nitrogens with zero attached hydrogens (tertiary/aromatic N) is 3. The number of fused-ring (bicyclic) bond motifs is 1. The van der Waals surface area contributed by atoms with E-state index in [9.17, 15) is 4.79 Å². The van der Waals surface area contributed by atoms with Crippen LogP contribution in [0.5, 0.6) is 5.88 Å². The third-order valence-corrected chi connectivity index (χ3v) is 4.13. The highest BCUT2D eigenvalue weighted by molar-refractivity contribution is 6.06. The quantitative estimate of drug-likeness (QED) is 0.794. The van der Waals surface area contributed by atoms with Crippen molar-refractivity contribution in [1.82, 2.24) is 14.5 Å². The molecule has 0 atom stereocenters. The first-order chi connectivity index (χ1) is 11.2. The molecule has 0 aliphatic carbocycles. The van der Waals surface area contributed by atoms with Gasteiger partial charge in [0.05, 0.1) is 36.3 Å². The smallest absolute Gasteiger partial charge is 0.257 e. The number of pyridine rings is 1. The number of aromatic nitrogens is 2. The lowest BCUT2D eigenvalue weighted by molar-refractivity contribution is 0.0303. The molecule has 2 aromatic rings. The van der Waals surface area contributed by atoms with E-state index in [1.807, 2.05) is 28.8 Å². The molecule has 6 nitrogen and oxygen atoms in total. The van der Waals surface area contributed by atoms with E-state index < -0.39 is 0 Å². The fourth-order valence-corrected chi connectivity index (χ4v) is 2.81. The Balaban J connectivity index is 1.93. The van der Waals surface area contributed by atoms with Gasteiger partial charge in [0.25, 0.3) is 5.91 Å². The molecule has 0 radical (unpaired) electrons. The average Bonchev–Trinajstić information content (AvgIpc) is 2.98. The van der Waals surface area contributed by atoms with Crippen LogP contribution < -0.4 is 4.74 Å². The van der Waals surface area contributed by atoms with Crippen molar-refractivity contribution in [3.63, 3.8) is 0 Å². The van der Waals surface area contributed by atoms with Crippen LogP contribution in [0.15, 0.2) is 18.5 Å². The molecule has 1 saturated heterocycles. The van der Waals surface area contributed by atoms with Crippen molar-refractivity contribution in [3.8, 4) is 5.88 Å². The van der Waals surface area contributed by atoms with Gasteiger partial charge in [0.1, 0.15) is 0 Å². The lowest BCUT2D eigenvalue weighted by Crippen LogP contribution is -2.40. The van der Waals surface area contributed by atoms with E-state index in [0.717, 1.165) is 23.7 Å². The van der Waals surface area contributed by atoms with Gasteiger partial charge in [0, 0.05) is 32.5 Å². The predicted molar refractivity (Wildman–Crippen MR) is 87.8 cm³/mol. The fraction of sp³-hybridized carbons (Fsp3) is 0.529. The second kappa shape index (κ2) is 7.00. The lowest BCUT2D eigenvalue weighted by atomic mass is 10.1. The van der Waals surface area contributed by atoms with Crippen LogP contribution >= 0.6 is 0 Å². The Morgan fingerprint density at radius 2 is 2.17 bits per heavy atom. The summed E-state index contributed by atoms with van der Waals surface area (Å²) in [6, 6.07) is 1.96. The van der Waals surface area contributed by atoms with Gasteiger partial charge < -0.3 is 18.9 Å². The van der Waals surface area contributed by atoms with Crippen molar-refractivity contribution < 1.29 is 14.3 Å². The molecule has 0 spiro atoms. The first-order valence-corrected chi connectivity index (χ1v) is 8.16. The summed E-state index contributed by atoms with van der Waals surface area (Å²) in [7, 11) is 1.94. The van der Waals surface area contributed by atoms with E-state index in [-0.39, 0.29) is 5.91 Å². The maximum atomic E-state index is 12.8. The van der Waals surface area contributed by atoms with E-state index in [1.165, 1.54) is 0 Å². The Kier molecular flexibility index (Phi) is 4.81. The SMILES string of the molecule is CCCCOc1ncc(C(=O)N2CCOCC2)c2c1ccn2C. The summed E-state index contributed by atoms with van der Waals surface area (Å²) < 4.78 is 13.1. The van der Waals surface area contributed by atoms with E-state index in [0.29, 0.717) is 44.4 Å². The van der Waals surface area contributed by atoms with E-state index >= 15 is 0 Å². The van der Waals surface area contributed by atoms with Crippen molar-refractivity contribution in [2.24, 2.45) is 7.05 Å². The number of hydrogen-bond donors (Lipinski definition) is 0. The van der Waals surface area contributed by atoms with Crippen molar-refractivity contribution in [1.29, 1.82) is 0 Å². The van der Waals surface area contributed by atoms with Gasteiger partial charge in [-0.1, -0.05) is 13.3 Å². The molecule has 1 amide bonds. The van der Waals surface area contributed by atoms with Gasteiger partial charge >= 0.3 is 0 Å². The Labute approximate surface area is 136 Å². The summed E-state index contributed by atoms with van der Waals surface area (Å²) in [4.78, 5) is 19.0. The van der Waals surface area contributed by atoms with Crippen molar-refractivity contribution in [3.05, 3.63) is 24.0 Å². The normalized spacial score (nSPS) is 15.1. The van der Waals surface area contributed by atoms with Crippen molar-refractivity contribution >= 4 is 16.8 Å². The molecule has 23 heavy (non-hydrogen) atoms. The first-order valence-electron chi connectivity index (χ1n) is 8.16. The zero-order valence-corrected chi connectivity index (χ0v) is 13.7. The van der Waals surface area contributed by atoms with Gasteiger partial charge in [-0.05, 0) is 12.5 Å². The van der Waals surface area contributed by atoms with Gasteiger partial charge in [-0.15, -0.1) is 0 Å². The molecular weight excluding hydrogens is 294 g/mol. The van der Waals surface area contributed by atoms with Crippen LogP contribution in [0.1, 0.15) is 30.1 Å². The monoisotopic (exact) mass is 317 g/mol. The largest absolute Gasteiger partial charge is 0.477 e. The van der Waals surface area contributed by atoms with Gasteiger partial charge in [-0.2, -0.15) is 0 Å². The Hall–Kier alpha value is -2.08. The van der Waals surface area contributed by atoms with Crippen LogP contribution in [-0.4, -0.2) is 53.3 Å². The van der Waals surface area contributed by atoms with E-state index in [1.54, 1.807) is 6.20 Å². The molecule has 0 saturated carbocycles. The number of carbonyl (C=O) groups excluding carboxylic acids is 1. The third-order valence-electron chi connectivity index (χ3n) is 4.13. The Morgan fingerprint density at radius 3 is 2.91 bits per heavy atom. The van der Waals surface area contributed by atoms with Crippen molar-refractivity contribution in [2.75, 3.05) is 32.9 Å². The van der Waals surface area contributed by atoms with Crippen molar-refractivity contribution in [2.45, 2.75) is 19.8 Å². The fourth-order valence-electron chi connectivity index (χ4n) is 2.81. The number of aryl methyl sites for hydroxylation is 1. The van der Waals surface area contributed by atoms with E-state index in [2.05, 4.69) is 11.9 Å². The molecule has 3 heterocycles. The van der Waals surface area contributed by atoms with Crippen LogP contribution in [0.4, 0.5) is 0 Å². The zero-order valence-electron chi connectivity index (χ0n) is 13.7. The van der Waals surface area contributed by atoms with Crippen LogP contribution in [-0.2, 0) is 11.8 Å². The minimum atomic E-state index is 0.00714. The van der Waals surface area contributed by atoms with Gasteiger partial charge in [0.2, 0.25) is 5.88 Å². The third kappa shape index (κ3) is 3.17. The first kappa shape index (κ1) is 15.8. The van der Waals surface area contributed by atoms with Crippen LogP contribution in [0, 0.1) is 0 Å². The number of rotatable bonds is 5. The second-order valence-electron chi connectivity index (χ2n) is 5.77. The highest BCUT2D eigenvalue weighted by Crippen LogP contribution is 2.28. The standard InChI is InChI=1S/C17H23N3O3/c1-3-4-9-23-16-13-5-6-19(2)15(13)14(12-18-16)17(21)20-7-10-22-11-8-20/h5-6,12H,3-4,7-11H2,1-2H3. The molecular formula is C17H23N3O3. The summed E-state index contributed by atoms with van der Waals surface area (Å²) in [5.74, 6) is 0.611. The topological polar surface area (TPSA) is 56.6 Å². The lowest BCUT2D eigenvalue weighted by Gasteiger charge is -2.27. The predicted octanol–water partition coefficient (Wildman–Crippen LogP) is 2.22. The van der Waals surface area contributed by atoms with Gasteiger partial charge in [0.15, 0.2) is 0 Å². The number of hydrogen-bond acceptors (Lipinski definition) is 4. The summed E-state index contributed by atoms with van der Waals surface area (Å²) >= 11 is 0. The molecule has 0 bridgehead atoms. The summed E-state index contributed by atoms with van der Waals surface area (Å²) in [5.41, 5.74) is 1.50. The van der Waals surface area contributed by atoms with Crippen LogP contribution in [0.2, 0.25) is 0 Å². The molecule has 0 unspecified atom stereocenters. The number of morpholine rings is 1. The zero-order chi connectivity index (χ0) is 16.2. The maximum Gasteiger partial charge on any atom is 0.257 e. The van der Waals surface area contributed by atoms with Gasteiger partial charge in [-0.25, -0.2) is 4.98 Å². The minimum Gasteiger partial charge on any atom is -0.477 e. The maximum absolute atomic E-state index is 12.8. The number of unbranched alkanes of at least 4 members (excludes halogenated alkanes) is 1. The van der Waals surface area contributed by atoms with Gasteiger partial charge in [-0.3, -0.25) is 4.79 Å². The minimum absolute atomic E-state index is 0.00714. The Morgan fingerprint density at radius 1 is 1.39 bits per heavy atom. The molecule has 1 aliphatic rings. The number of carbonyl (C=O) groups is 1. The summed E-state index contributed by atoms with van der Waals surface area (Å²) in [6.45, 7) is 5.20. The van der Waals surface area contributed by atoms with Crippen LogP contribution in [0.3, 0.4) is 0 Å². The summed E-state index contributed by atoms with van der Waals surface area (Å²) in [5, 5.41) is 0.891. The molecule has 2 aromatic heterocycles. The van der Waals surface area contributed by atoms with E-state index in [4.69, 9.17) is 9.47 Å². The molecule has 0 aromatic carbocycles. The molecule has 1 aliphatic heterocycles. The molecule has 6 heteroatoms. The average molecular weight is 317 g/mol. The molecule has 1 fully saturated rings. The summed E-state index contributed by atoms with van der Waals surface area (Å²) in [6.07, 6.45) is 5.65. The highest BCUT2D eigenvalue weighted by atomic mass is 16.5. The van der Waals surface area contributed by atoms with Crippen LogP contribution in [0.25, 0.3) is 10.9 Å². The molecule has 3 rings (SSSR count). The highest BCUT2D eigenvalue weighted by Gasteiger charge is 2.23. The molecule has 124 valence electrons. The second-order valence-corrected chi connectivity index (χ2v) is 5.77. The number of amides is 1. The Bertz CT molecular complexity index is 690.